The van der Waals surface area contributed by atoms with Gasteiger partial charge in [-0.3, -0.25) is 0 Å². The molecule has 0 saturated carbocycles. The van der Waals surface area contributed by atoms with Crippen LogP contribution in [0.4, 0.5) is 0 Å². The topological polar surface area (TPSA) is 38.7 Å². The van der Waals surface area contributed by atoms with Gasteiger partial charge in [-0.1, -0.05) is 18.2 Å². The summed E-state index contributed by atoms with van der Waals surface area (Å²) in [4.78, 5) is 0. The molecule has 2 aromatic carbocycles. The Balaban J connectivity index is 1.80. The van der Waals surface area contributed by atoms with Gasteiger partial charge in [0.05, 0.1) is 7.11 Å². The highest BCUT2D eigenvalue weighted by molar-refractivity contribution is 5.39. The fraction of sp³-hybridized carbons (Fsp3) is 0.333. The Hall–Kier alpha value is -2.00. The summed E-state index contributed by atoms with van der Waals surface area (Å²) in [5, 5.41) is 10.5. The lowest BCUT2D eigenvalue weighted by Gasteiger charge is -2.30. The normalized spacial score (nSPS) is 20.7. The number of fused-ring (bicyclic) bond motifs is 1. The van der Waals surface area contributed by atoms with Gasteiger partial charge >= 0.3 is 0 Å². The molecule has 0 saturated heterocycles. The highest BCUT2D eigenvalue weighted by Gasteiger charge is 2.29. The maximum atomic E-state index is 10.5. The molecule has 3 rings (SSSR count). The molecule has 0 radical (unpaired) electrons. The van der Waals surface area contributed by atoms with E-state index in [0.29, 0.717) is 0 Å². The maximum Gasteiger partial charge on any atom is 0.129 e. The van der Waals surface area contributed by atoms with Crippen molar-refractivity contribution in [3.63, 3.8) is 0 Å². The molecule has 110 valence electrons. The second-order valence-corrected chi connectivity index (χ2v) is 5.52. The second kappa shape index (κ2) is 5.78. The quantitative estimate of drug-likeness (QED) is 0.938. The summed E-state index contributed by atoms with van der Waals surface area (Å²) in [6.45, 7) is 2.03. The maximum absolute atomic E-state index is 10.5. The van der Waals surface area contributed by atoms with E-state index in [4.69, 9.17) is 9.47 Å². The Morgan fingerprint density at radius 1 is 1.10 bits per heavy atom. The Morgan fingerprint density at radius 3 is 2.71 bits per heavy atom. The van der Waals surface area contributed by atoms with E-state index in [9.17, 15) is 5.11 Å². The number of hydrogen-bond donors (Lipinski definition) is 1. The first-order valence-corrected chi connectivity index (χ1v) is 7.25. The van der Waals surface area contributed by atoms with Gasteiger partial charge in [0, 0.05) is 0 Å². The van der Waals surface area contributed by atoms with E-state index in [1.807, 2.05) is 49.4 Å². The Bertz CT molecular complexity index is 636. The number of benzene rings is 2. The van der Waals surface area contributed by atoms with Gasteiger partial charge in [-0.05, 0) is 60.7 Å². The average molecular weight is 284 g/mol. The summed E-state index contributed by atoms with van der Waals surface area (Å²) in [6, 6.07) is 13.8. The summed E-state index contributed by atoms with van der Waals surface area (Å²) < 4.78 is 11.2. The number of aliphatic hydroxyl groups excluding tert-OH is 1. The fourth-order valence-corrected chi connectivity index (χ4v) is 2.86. The molecule has 3 heteroatoms. The van der Waals surface area contributed by atoms with Crippen LogP contribution < -0.4 is 9.47 Å². The van der Waals surface area contributed by atoms with E-state index in [2.05, 4.69) is 0 Å². The van der Waals surface area contributed by atoms with Crippen LogP contribution >= 0.6 is 0 Å². The monoisotopic (exact) mass is 284 g/mol. The molecule has 0 fully saturated rings. The third-order valence-corrected chi connectivity index (χ3v) is 4.00. The lowest BCUT2D eigenvalue weighted by Crippen LogP contribution is -2.30. The first-order chi connectivity index (χ1) is 10.2. The molecule has 1 aliphatic rings. The van der Waals surface area contributed by atoms with E-state index in [1.165, 1.54) is 0 Å². The molecule has 2 aromatic rings. The van der Waals surface area contributed by atoms with Gasteiger partial charge in [-0.2, -0.15) is 0 Å². The van der Waals surface area contributed by atoms with Gasteiger partial charge in [-0.15, -0.1) is 0 Å². The SMILES string of the molecule is COc1ccc2c(c1)CCC(Oc1cccc(C)c1)C2O. The summed E-state index contributed by atoms with van der Waals surface area (Å²) in [5.74, 6) is 1.65. The molecule has 0 aromatic heterocycles. The molecule has 3 nitrogen and oxygen atoms in total. The predicted octanol–water partition coefficient (Wildman–Crippen LogP) is 3.43. The van der Waals surface area contributed by atoms with Crippen LogP contribution in [0.15, 0.2) is 42.5 Å². The standard InChI is InChI=1S/C18H20O3/c1-12-4-3-5-15(10-12)21-17-9-6-13-11-14(20-2)7-8-16(13)18(17)19/h3-5,7-8,10-11,17-19H,6,9H2,1-2H3. The number of aliphatic hydroxyl groups is 1. The predicted molar refractivity (Wildman–Crippen MR) is 81.9 cm³/mol. The zero-order valence-electron chi connectivity index (χ0n) is 12.4. The van der Waals surface area contributed by atoms with Gasteiger partial charge in [0.15, 0.2) is 0 Å². The molecule has 1 N–H and O–H groups in total. The molecular formula is C18H20O3. The molecular weight excluding hydrogens is 264 g/mol. The highest BCUT2D eigenvalue weighted by Crippen LogP contribution is 2.34. The van der Waals surface area contributed by atoms with Crippen molar-refractivity contribution in [2.75, 3.05) is 7.11 Å². The summed E-state index contributed by atoms with van der Waals surface area (Å²) in [6.07, 6.45) is 0.892. The van der Waals surface area contributed by atoms with Crippen LogP contribution in [-0.4, -0.2) is 18.3 Å². The molecule has 2 unspecified atom stereocenters. The molecule has 0 heterocycles. The molecule has 21 heavy (non-hydrogen) atoms. The van der Waals surface area contributed by atoms with Gasteiger partial charge in [0.2, 0.25) is 0 Å². The van der Waals surface area contributed by atoms with Crippen LogP contribution in [0.3, 0.4) is 0 Å². The minimum Gasteiger partial charge on any atom is -0.497 e. The van der Waals surface area contributed by atoms with Crippen molar-refractivity contribution in [1.29, 1.82) is 0 Å². The molecule has 2 atom stereocenters. The lowest BCUT2D eigenvalue weighted by atomic mass is 9.87. The minimum atomic E-state index is -0.597. The van der Waals surface area contributed by atoms with Gasteiger partial charge in [-0.25, -0.2) is 0 Å². The zero-order chi connectivity index (χ0) is 14.8. The van der Waals surface area contributed by atoms with E-state index in [-0.39, 0.29) is 6.10 Å². The zero-order valence-corrected chi connectivity index (χ0v) is 12.4. The van der Waals surface area contributed by atoms with Crippen LogP contribution in [0, 0.1) is 6.92 Å². The van der Waals surface area contributed by atoms with Crippen molar-refractivity contribution >= 4 is 0 Å². The van der Waals surface area contributed by atoms with Crippen LogP contribution in [0.5, 0.6) is 11.5 Å². The summed E-state index contributed by atoms with van der Waals surface area (Å²) >= 11 is 0. The Labute approximate surface area is 125 Å². The van der Waals surface area contributed by atoms with E-state index in [1.54, 1.807) is 7.11 Å². The molecule has 0 amide bonds. The minimum absolute atomic E-state index is 0.201. The largest absolute Gasteiger partial charge is 0.497 e. The van der Waals surface area contributed by atoms with Crippen LogP contribution in [-0.2, 0) is 6.42 Å². The fourth-order valence-electron chi connectivity index (χ4n) is 2.86. The van der Waals surface area contributed by atoms with Crippen LogP contribution in [0.2, 0.25) is 0 Å². The van der Waals surface area contributed by atoms with E-state index in [0.717, 1.165) is 41.0 Å². The van der Waals surface area contributed by atoms with Crippen molar-refractivity contribution in [2.45, 2.75) is 32.0 Å². The smallest absolute Gasteiger partial charge is 0.129 e. The van der Waals surface area contributed by atoms with Crippen molar-refractivity contribution in [2.24, 2.45) is 0 Å². The third kappa shape index (κ3) is 2.88. The van der Waals surface area contributed by atoms with Crippen molar-refractivity contribution in [1.82, 2.24) is 0 Å². The number of methoxy groups -OCH3 is 1. The molecule has 0 aliphatic heterocycles. The first-order valence-electron chi connectivity index (χ1n) is 7.25. The summed E-state index contributed by atoms with van der Waals surface area (Å²) in [5.41, 5.74) is 3.24. The van der Waals surface area contributed by atoms with Gasteiger partial charge in [0.1, 0.15) is 23.7 Å². The molecule has 1 aliphatic carbocycles. The van der Waals surface area contributed by atoms with Crippen molar-refractivity contribution in [3.8, 4) is 11.5 Å². The average Bonchev–Trinajstić information content (AvgIpc) is 2.50. The van der Waals surface area contributed by atoms with Crippen LogP contribution in [0.1, 0.15) is 29.2 Å². The van der Waals surface area contributed by atoms with Crippen molar-refractivity contribution < 1.29 is 14.6 Å². The Morgan fingerprint density at radius 2 is 1.95 bits per heavy atom. The molecule has 0 spiro atoms. The second-order valence-electron chi connectivity index (χ2n) is 5.52. The molecule has 0 bridgehead atoms. The summed E-state index contributed by atoms with van der Waals surface area (Å²) in [7, 11) is 1.66. The van der Waals surface area contributed by atoms with Crippen LogP contribution in [0.25, 0.3) is 0 Å². The number of ether oxygens (including phenoxy) is 2. The van der Waals surface area contributed by atoms with Gasteiger partial charge in [0.25, 0.3) is 0 Å². The Kier molecular flexibility index (Phi) is 3.84. The van der Waals surface area contributed by atoms with Crippen molar-refractivity contribution in [3.05, 3.63) is 59.2 Å². The number of aryl methyl sites for hydroxylation is 2. The number of rotatable bonds is 3. The lowest BCUT2D eigenvalue weighted by molar-refractivity contribution is 0.0230. The number of hydrogen-bond acceptors (Lipinski definition) is 3. The van der Waals surface area contributed by atoms with E-state index < -0.39 is 6.10 Å². The van der Waals surface area contributed by atoms with Gasteiger partial charge < -0.3 is 14.6 Å². The first kappa shape index (κ1) is 14.0. The highest BCUT2D eigenvalue weighted by atomic mass is 16.5. The van der Waals surface area contributed by atoms with E-state index >= 15 is 0 Å². The third-order valence-electron chi connectivity index (χ3n) is 4.00.